The van der Waals surface area contributed by atoms with Crippen molar-refractivity contribution in [2.45, 2.75) is 6.42 Å². The molecule has 11 heteroatoms. The van der Waals surface area contributed by atoms with E-state index in [1.807, 2.05) is 72.6 Å². The van der Waals surface area contributed by atoms with E-state index in [4.69, 9.17) is 11.6 Å². The van der Waals surface area contributed by atoms with Crippen molar-refractivity contribution in [2.24, 2.45) is 0 Å². The van der Waals surface area contributed by atoms with Crippen LogP contribution in [0.2, 0.25) is 5.02 Å². The third kappa shape index (κ3) is 3.75. The van der Waals surface area contributed by atoms with Crippen molar-refractivity contribution in [3.8, 4) is 11.1 Å². The minimum atomic E-state index is -3.20. The average molecular weight is 506 g/mol. The van der Waals surface area contributed by atoms with E-state index in [1.54, 1.807) is 4.52 Å². The zero-order valence-electron chi connectivity index (χ0n) is 18.7. The molecule has 0 spiro atoms. The molecule has 1 fully saturated rings. The predicted octanol–water partition coefficient (Wildman–Crippen LogP) is 4.30. The number of halogens is 1. The van der Waals surface area contributed by atoms with Crippen LogP contribution in [-0.4, -0.2) is 52.8 Å². The third-order valence-corrected chi connectivity index (χ3v) is 8.33. The van der Waals surface area contributed by atoms with Crippen molar-refractivity contribution in [1.82, 2.24) is 25.0 Å². The summed E-state index contributed by atoms with van der Waals surface area (Å²) in [5.41, 5.74) is 4.38. The maximum absolute atomic E-state index is 12.2. The molecule has 0 radical (unpaired) electrons. The van der Waals surface area contributed by atoms with Crippen LogP contribution in [-0.2, 0) is 10.0 Å². The first-order valence-corrected chi connectivity index (χ1v) is 13.0. The van der Waals surface area contributed by atoms with Gasteiger partial charge in [0.05, 0.1) is 17.0 Å². The quantitative estimate of drug-likeness (QED) is 0.359. The lowest BCUT2D eigenvalue weighted by atomic mass is 10.0. The van der Waals surface area contributed by atoms with Gasteiger partial charge in [0.25, 0.3) is 5.78 Å². The molecule has 0 aliphatic carbocycles. The van der Waals surface area contributed by atoms with Crippen molar-refractivity contribution in [1.29, 1.82) is 0 Å². The lowest BCUT2D eigenvalue weighted by Crippen LogP contribution is -2.24. The number of anilines is 3. The Bertz CT molecular complexity index is 1690. The summed E-state index contributed by atoms with van der Waals surface area (Å²) in [7, 11) is -1.26. The van der Waals surface area contributed by atoms with E-state index in [9.17, 15) is 8.42 Å². The number of hydrogen-bond donors (Lipinski definition) is 0. The molecule has 6 rings (SSSR count). The van der Waals surface area contributed by atoms with Gasteiger partial charge < -0.3 is 4.90 Å². The summed E-state index contributed by atoms with van der Waals surface area (Å²) >= 11 is 6.24. The van der Waals surface area contributed by atoms with Gasteiger partial charge in [-0.05, 0) is 70.4 Å². The molecule has 3 aromatic carbocycles. The second-order valence-electron chi connectivity index (χ2n) is 8.39. The van der Waals surface area contributed by atoms with Gasteiger partial charge in [-0.1, -0.05) is 41.0 Å². The van der Waals surface area contributed by atoms with Gasteiger partial charge in [0, 0.05) is 29.7 Å². The zero-order valence-corrected chi connectivity index (χ0v) is 20.3. The zero-order chi connectivity index (χ0) is 24.2. The standard InChI is InChI=1S/C24H20ClN7O2S/c1-30(23-21-11-8-18(25)15-22(21)32-24(26-23)27-28-29-32)20-5-2-4-17(14-20)16-6-9-19(10-7-16)31-12-3-13-35(31,33)34/h2,4-11,14-15H,3,12-13H2,1H3. The molecule has 176 valence electrons. The SMILES string of the molecule is CN(c1cccc(-c2ccc(N3CCCS3(=O)=O)cc2)c1)c1nc2nnnn2c2cc(Cl)ccc12. The predicted molar refractivity (Wildman–Crippen MR) is 137 cm³/mol. The van der Waals surface area contributed by atoms with Gasteiger partial charge in [-0.15, -0.1) is 0 Å². The topological polar surface area (TPSA) is 96.6 Å². The van der Waals surface area contributed by atoms with Crippen LogP contribution in [0.25, 0.3) is 27.8 Å². The van der Waals surface area contributed by atoms with Gasteiger partial charge in [0.2, 0.25) is 10.0 Å². The smallest absolute Gasteiger partial charge is 0.275 e. The second-order valence-corrected chi connectivity index (χ2v) is 10.8. The van der Waals surface area contributed by atoms with Crippen LogP contribution in [0.1, 0.15) is 6.42 Å². The van der Waals surface area contributed by atoms with Gasteiger partial charge in [-0.2, -0.15) is 9.50 Å². The van der Waals surface area contributed by atoms with Crippen molar-refractivity contribution < 1.29 is 8.42 Å². The molecule has 3 heterocycles. The fourth-order valence-corrected chi connectivity index (χ4v) is 6.18. The van der Waals surface area contributed by atoms with Gasteiger partial charge in [-0.25, -0.2) is 8.42 Å². The molecule has 0 saturated carbocycles. The summed E-state index contributed by atoms with van der Waals surface area (Å²) in [6.07, 6.45) is 0.657. The molecule has 0 N–H and O–H groups in total. The molecular formula is C24H20ClN7O2S. The van der Waals surface area contributed by atoms with Crippen LogP contribution in [0, 0.1) is 0 Å². The molecule has 1 aliphatic heterocycles. The summed E-state index contributed by atoms with van der Waals surface area (Å²) in [5, 5.41) is 13.3. The van der Waals surface area contributed by atoms with E-state index < -0.39 is 10.0 Å². The Morgan fingerprint density at radius 1 is 1.00 bits per heavy atom. The Morgan fingerprint density at radius 2 is 1.83 bits per heavy atom. The molecule has 1 saturated heterocycles. The van der Waals surface area contributed by atoms with E-state index in [-0.39, 0.29) is 5.75 Å². The number of benzene rings is 3. The summed E-state index contributed by atoms with van der Waals surface area (Å²) in [4.78, 5) is 6.67. The summed E-state index contributed by atoms with van der Waals surface area (Å²) in [6, 6.07) is 21.2. The highest BCUT2D eigenvalue weighted by Crippen LogP contribution is 2.34. The number of fused-ring (bicyclic) bond motifs is 3. The monoisotopic (exact) mass is 505 g/mol. The maximum atomic E-state index is 12.2. The lowest BCUT2D eigenvalue weighted by molar-refractivity contribution is 0.599. The van der Waals surface area contributed by atoms with Crippen LogP contribution in [0.3, 0.4) is 0 Å². The van der Waals surface area contributed by atoms with E-state index in [0.717, 1.165) is 27.7 Å². The molecule has 1 aliphatic rings. The number of aromatic nitrogens is 5. The number of nitrogens with zero attached hydrogens (tertiary/aromatic N) is 7. The Labute approximate surface area is 206 Å². The summed E-state index contributed by atoms with van der Waals surface area (Å²) < 4.78 is 27.5. The molecule has 35 heavy (non-hydrogen) atoms. The molecule has 0 atom stereocenters. The average Bonchev–Trinajstić information content (AvgIpc) is 3.49. The van der Waals surface area contributed by atoms with E-state index >= 15 is 0 Å². The Morgan fingerprint density at radius 3 is 2.60 bits per heavy atom. The normalized spacial score (nSPS) is 15.2. The first kappa shape index (κ1) is 21.8. The summed E-state index contributed by atoms with van der Waals surface area (Å²) in [6.45, 7) is 0.528. The van der Waals surface area contributed by atoms with Crippen LogP contribution in [0.15, 0.2) is 66.7 Å². The highest BCUT2D eigenvalue weighted by molar-refractivity contribution is 7.93. The van der Waals surface area contributed by atoms with Gasteiger partial charge in [0.1, 0.15) is 5.82 Å². The van der Waals surface area contributed by atoms with Gasteiger partial charge in [0.15, 0.2) is 0 Å². The molecular weight excluding hydrogens is 486 g/mol. The van der Waals surface area contributed by atoms with Crippen LogP contribution in [0.4, 0.5) is 17.2 Å². The van der Waals surface area contributed by atoms with Crippen molar-refractivity contribution in [3.63, 3.8) is 0 Å². The molecule has 0 unspecified atom stereocenters. The highest BCUT2D eigenvalue weighted by Gasteiger charge is 2.28. The van der Waals surface area contributed by atoms with Crippen molar-refractivity contribution >= 4 is 55.5 Å². The van der Waals surface area contributed by atoms with Gasteiger partial charge >= 0.3 is 0 Å². The van der Waals surface area contributed by atoms with E-state index in [2.05, 4.69) is 26.6 Å². The first-order valence-electron chi connectivity index (χ1n) is 11.0. The molecule has 5 aromatic rings. The molecule has 2 aromatic heterocycles. The minimum absolute atomic E-state index is 0.203. The summed E-state index contributed by atoms with van der Waals surface area (Å²) in [5.74, 6) is 1.28. The second kappa shape index (κ2) is 8.17. The van der Waals surface area contributed by atoms with Crippen LogP contribution >= 0.6 is 11.6 Å². The molecule has 0 bridgehead atoms. The van der Waals surface area contributed by atoms with E-state index in [1.165, 1.54) is 4.31 Å². The fourth-order valence-electron chi connectivity index (χ4n) is 4.45. The van der Waals surface area contributed by atoms with Crippen molar-refractivity contribution in [3.05, 3.63) is 71.8 Å². The molecule has 9 nitrogen and oxygen atoms in total. The maximum Gasteiger partial charge on any atom is 0.275 e. The van der Waals surface area contributed by atoms with Gasteiger partial charge in [-0.3, -0.25) is 4.31 Å². The number of rotatable bonds is 4. The lowest BCUT2D eigenvalue weighted by Gasteiger charge is -2.21. The van der Waals surface area contributed by atoms with Crippen molar-refractivity contribution in [2.75, 3.05) is 28.6 Å². The largest absolute Gasteiger partial charge is 0.329 e. The number of sulfonamides is 1. The Hall–Kier alpha value is -3.76. The number of tetrazole rings is 1. The number of hydrogen-bond acceptors (Lipinski definition) is 7. The van der Waals surface area contributed by atoms with E-state index in [0.29, 0.717) is 35.3 Å². The Balaban J connectivity index is 1.37. The molecule has 0 amide bonds. The Kier molecular flexibility index (Phi) is 5.08. The third-order valence-electron chi connectivity index (χ3n) is 6.23. The van der Waals surface area contributed by atoms with Crippen LogP contribution in [0.5, 0.6) is 0 Å². The first-order chi connectivity index (χ1) is 16.9. The highest BCUT2D eigenvalue weighted by atomic mass is 35.5. The fraction of sp³-hybridized carbons (Fsp3) is 0.167. The van der Waals surface area contributed by atoms with Crippen LogP contribution < -0.4 is 9.21 Å². The minimum Gasteiger partial charge on any atom is -0.329 e.